The highest BCUT2D eigenvalue weighted by Gasteiger charge is 2.31. The third-order valence-corrected chi connectivity index (χ3v) is 3.41. The SMILES string of the molecule is O=C(CBr)Cc1ccc(SC(F)(F)F)c(OC(F)F)c1. The van der Waals surface area contributed by atoms with Crippen molar-refractivity contribution in [3.05, 3.63) is 23.8 Å². The Kier molecular flexibility index (Phi) is 6.25. The van der Waals surface area contributed by atoms with Gasteiger partial charge in [0, 0.05) is 6.42 Å². The Morgan fingerprint density at radius 2 is 2.00 bits per heavy atom. The number of thioether (sulfide) groups is 1. The van der Waals surface area contributed by atoms with E-state index >= 15 is 0 Å². The van der Waals surface area contributed by atoms with Gasteiger partial charge in [-0.05, 0) is 29.5 Å². The summed E-state index contributed by atoms with van der Waals surface area (Å²) in [5, 5.41) is 0.0666. The second-order valence-corrected chi connectivity index (χ2v) is 5.22. The molecule has 1 rings (SSSR count). The van der Waals surface area contributed by atoms with Crippen molar-refractivity contribution in [3.8, 4) is 5.75 Å². The van der Waals surface area contributed by atoms with Crippen LogP contribution in [0.2, 0.25) is 0 Å². The van der Waals surface area contributed by atoms with Crippen molar-refractivity contribution < 1.29 is 31.5 Å². The zero-order chi connectivity index (χ0) is 15.3. The number of ketones is 1. The number of carbonyl (C=O) groups excluding carboxylic acids is 1. The second kappa shape index (κ2) is 7.26. The third kappa shape index (κ3) is 6.08. The van der Waals surface area contributed by atoms with Crippen molar-refractivity contribution in [3.63, 3.8) is 0 Å². The molecule has 1 aromatic carbocycles. The normalized spacial score (nSPS) is 11.8. The van der Waals surface area contributed by atoms with Crippen LogP contribution in [0.1, 0.15) is 5.56 Å². The van der Waals surface area contributed by atoms with Crippen LogP contribution in [-0.2, 0) is 11.2 Å². The van der Waals surface area contributed by atoms with E-state index in [1.807, 2.05) is 0 Å². The highest BCUT2D eigenvalue weighted by molar-refractivity contribution is 9.09. The van der Waals surface area contributed by atoms with Gasteiger partial charge < -0.3 is 4.74 Å². The zero-order valence-corrected chi connectivity index (χ0v) is 12.1. The predicted octanol–water partition coefficient (Wildman–Crippen LogP) is 4.41. The quantitative estimate of drug-likeness (QED) is 0.416. The van der Waals surface area contributed by atoms with Gasteiger partial charge in [0.05, 0.1) is 10.2 Å². The minimum Gasteiger partial charge on any atom is -0.434 e. The largest absolute Gasteiger partial charge is 0.446 e. The Morgan fingerprint density at radius 3 is 2.50 bits per heavy atom. The van der Waals surface area contributed by atoms with E-state index in [4.69, 9.17) is 0 Å². The van der Waals surface area contributed by atoms with E-state index in [0.717, 1.165) is 12.1 Å². The first-order valence-electron chi connectivity index (χ1n) is 5.12. The summed E-state index contributed by atoms with van der Waals surface area (Å²) in [4.78, 5) is 10.7. The molecular weight excluding hydrogens is 371 g/mol. The molecule has 0 saturated carbocycles. The number of halogens is 6. The first-order valence-corrected chi connectivity index (χ1v) is 7.06. The summed E-state index contributed by atoms with van der Waals surface area (Å²) < 4.78 is 65.3. The van der Waals surface area contributed by atoms with E-state index in [1.165, 1.54) is 6.07 Å². The topological polar surface area (TPSA) is 26.3 Å². The van der Waals surface area contributed by atoms with E-state index in [0.29, 0.717) is 5.56 Å². The maximum atomic E-state index is 12.3. The minimum absolute atomic E-state index is 0.0666. The molecule has 0 spiro atoms. The lowest BCUT2D eigenvalue weighted by atomic mass is 10.1. The summed E-state index contributed by atoms with van der Waals surface area (Å²) in [7, 11) is 0. The van der Waals surface area contributed by atoms with Gasteiger partial charge in [0.15, 0.2) is 0 Å². The lowest BCUT2D eigenvalue weighted by Crippen LogP contribution is -2.08. The summed E-state index contributed by atoms with van der Waals surface area (Å²) >= 11 is 2.38. The molecule has 0 heterocycles. The van der Waals surface area contributed by atoms with Crippen LogP contribution in [-0.4, -0.2) is 23.2 Å². The van der Waals surface area contributed by atoms with Crippen LogP contribution in [0, 0.1) is 0 Å². The van der Waals surface area contributed by atoms with Gasteiger partial charge in [-0.15, -0.1) is 0 Å². The standard InChI is InChI=1S/C11H8BrF5O2S/c12-5-7(18)3-6-1-2-9(20-11(15,16)17)8(4-6)19-10(13)14/h1-2,4,10H,3,5H2. The van der Waals surface area contributed by atoms with Gasteiger partial charge in [0.2, 0.25) is 0 Å². The molecule has 0 aliphatic carbocycles. The fourth-order valence-corrected chi connectivity index (χ4v) is 2.13. The van der Waals surface area contributed by atoms with Crippen molar-refractivity contribution in [2.24, 2.45) is 0 Å². The number of rotatable bonds is 6. The molecule has 112 valence electrons. The van der Waals surface area contributed by atoms with Crippen LogP contribution in [0.5, 0.6) is 5.75 Å². The Hall–Kier alpha value is -0.830. The number of benzene rings is 1. The molecule has 20 heavy (non-hydrogen) atoms. The molecule has 0 N–H and O–H groups in total. The van der Waals surface area contributed by atoms with E-state index in [2.05, 4.69) is 20.7 Å². The Morgan fingerprint density at radius 1 is 1.35 bits per heavy atom. The van der Waals surface area contributed by atoms with Gasteiger partial charge in [0.1, 0.15) is 11.5 Å². The number of hydrogen-bond donors (Lipinski definition) is 0. The average molecular weight is 379 g/mol. The van der Waals surface area contributed by atoms with Crippen LogP contribution in [0.4, 0.5) is 22.0 Å². The summed E-state index contributed by atoms with van der Waals surface area (Å²) in [6.45, 7) is -3.25. The summed E-state index contributed by atoms with van der Waals surface area (Å²) in [6, 6.07) is 3.29. The maximum absolute atomic E-state index is 12.3. The Labute approximate surface area is 123 Å². The van der Waals surface area contributed by atoms with Gasteiger partial charge in [-0.3, -0.25) is 4.79 Å². The van der Waals surface area contributed by atoms with Crippen molar-refractivity contribution in [2.75, 3.05) is 5.33 Å². The molecule has 0 aliphatic rings. The monoisotopic (exact) mass is 378 g/mol. The van der Waals surface area contributed by atoms with E-state index < -0.39 is 34.5 Å². The molecule has 0 aromatic heterocycles. The lowest BCUT2D eigenvalue weighted by molar-refractivity contribution is -0.115. The fourth-order valence-electron chi connectivity index (χ4n) is 1.33. The molecule has 0 amide bonds. The fraction of sp³-hybridized carbons (Fsp3) is 0.364. The Balaban J connectivity index is 3.03. The molecular formula is C11H8BrF5O2S. The number of alkyl halides is 6. The molecule has 0 unspecified atom stereocenters. The van der Waals surface area contributed by atoms with Gasteiger partial charge in [-0.25, -0.2) is 0 Å². The molecule has 2 nitrogen and oxygen atoms in total. The van der Waals surface area contributed by atoms with Crippen LogP contribution < -0.4 is 4.74 Å². The highest BCUT2D eigenvalue weighted by atomic mass is 79.9. The minimum atomic E-state index is -4.62. The summed E-state index contributed by atoms with van der Waals surface area (Å²) in [5.41, 5.74) is -4.32. The number of hydrogen-bond acceptors (Lipinski definition) is 3. The van der Waals surface area contributed by atoms with Crippen LogP contribution >= 0.6 is 27.7 Å². The molecule has 0 saturated heterocycles. The van der Waals surface area contributed by atoms with Gasteiger partial charge in [0.25, 0.3) is 0 Å². The van der Waals surface area contributed by atoms with Crippen LogP contribution in [0.3, 0.4) is 0 Å². The van der Waals surface area contributed by atoms with Crippen LogP contribution in [0.25, 0.3) is 0 Å². The number of carbonyl (C=O) groups is 1. The molecule has 0 fully saturated rings. The van der Waals surface area contributed by atoms with Gasteiger partial charge in [-0.1, -0.05) is 22.0 Å². The summed E-state index contributed by atoms with van der Waals surface area (Å²) in [5.74, 6) is -0.827. The summed E-state index contributed by atoms with van der Waals surface area (Å²) in [6.07, 6.45) is -0.0815. The van der Waals surface area contributed by atoms with Gasteiger partial charge in [-0.2, -0.15) is 22.0 Å². The number of ether oxygens (including phenoxy) is 1. The molecule has 9 heteroatoms. The predicted molar refractivity (Wildman–Crippen MR) is 67.5 cm³/mol. The average Bonchev–Trinajstić information content (AvgIpc) is 2.30. The van der Waals surface area contributed by atoms with Crippen molar-refractivity contribution in [1.29, 1.82) is 0 Å². The van der Waals surface area contributed by atoms with Crippen molar-refractivity contribution in [2.45, 2.75) is 23.4 Å². The smallest absolute Gasteiger partial charge is 0.434 e. The molecule has 0 bridgehead atoms. The first-order chi connectivity index (χ1) is 9.21. The molecule has 0 radical (unpaired) electrons. The highest BCUT2D eigenvalue weighted by Crippen LogP contribution is 2.42. The van der Waals surface area contributed by atoms with Crippen molar-refractivity contribution >= 4 is 33.5 Å². The van der Waals surface area contributed by atoms with Crippen molar-refractivity contribution in [1.82, 2.24) is 0 Å². The molecule has 0 atom stereocenters. The van der Waals surface area contributed by atoms with Gasteiger partial charge >= 0.3 is 12.1 Å². The lowest BCUT2D eigenvalue weighted by Gasteiger charge is -2.13. The molecule has 1 aromatic rings. The van der Waals surface area contributed by atoms with Crippen LogP contribution in [0.15, 0.2) is 23.1 Å². The zero-order valence-electron chi connectivity index (χ0n) is 9.72. The van der Waals surface area contributed by atoms with E-state index in [9.17, 15) is 26.7 Å². The third-order valence-electron chi connectivity index (χ3n) is 2.00. The first kappa shape index (κ1) is 17.2. The number of Topliss-reactive ketones (excluding diaryl/α,β-unsaturated/α-hetero) is 1. The van der Waals surface area contributed by atoms with E-state index in [1.54, 1.807) is 0 Å². The Bertz CT molecular complexity index is 478. The van der Waals surface area contributed by atoms with E-state index in [-0.39, 0.29) is 17.5 Å². The molecule has 0 aliphatic heterocycles. The maximum Gasteiger partial charge on any atom is 0.446 e. The second-order valence-electron chi connectivity index (χ2n) is 3.56.